The summed E-state index contributed by atoms with van der Waals surface area (Å²) in [6, 6.07) is 13.7. The highest BCUT2D eigenvalue weighted by Gasteiger charge is 2.29. The van der Waals surface area contributed by atoms with Gasteiger partial charge in [-0.25, -0.2) is 15.0 Å². The number of carbonyl (C=O) groups is 1. The third-order valence-electron chi connectivity index (χ3n) is 5.09. The van der Waals surface area contributed by atoms with Crippen molar-refractivity contribution < 1.29 is 4.79 Å². The van der Waals surface area contributed by atoms with Gasteiger partial charge in [0.25, 0.3) is 0 Å². The Kier molecular flexibility index (Phi) is 4.71. The van der Waals surface area contributed by atoms with Crippen LogP contribution in [-0.4, -0.2) is 32.3 Å². The predicted molar refractivity (Wildman–Crippen MR) is 105 cm³/mol. The molecule has 138 valence electrons. The highest BCUT2D eigenvalue weighted by atomic mass is 16.2. The minimum absolute atomic E-state index is 0.0177. The van der Waals surface area contributed by atoms with Crippen molar-refractivity contribution in [2.24, 2.45) is 0 Å². The molecule has 1 aromatic carbocycles. The van der Waals surface area contributed by atoms with Gasteiger partial charge in [0, 0.05) is 6.54 Å². The van der Waals surface area contributed by atoms with Gasteiger partial charge in [0.1, 0.15) is 11.6 Å². The van der Waals surface area contributed by atoms with Crippen LogP contribution in [0.25, 0.3) is 11.0 Å². The van der Waals surface area contributed by atoms with Crippen LogP contribution in [0.5, 0.6) is 0 Å². The fraction of sp³-hybridized carbons (Fsp3) is 0.333. The van der Waals surface area contributed by atoms with Crippen molar-refractivity contribution in [3.63, 3.8) is 0 Å². The summed E-state index contributed by atoms with van der Waals surface area (Å²) in [6.45, 7) is 2.57. The van der Waals surface area contributed by atoms with Crippen molar-refractivity contribution in [3.8, 4) is 0 Å². The van der Waals surface area contributed by atoms with Crippen molar-refractivity contribution in [3.05, 3.63) is 59.5 Å². The lowest BCUT2D eigenvalue weighted by atomic mass is 9.97. The van der Waals surface area contributed by atoms with E-state index in [9.17, 15) is 4.79 Å². The van der Waals surface area contributed by atoms with Gasteiger partial charge < -0.3 is 10.6 Å². The highest BCUT2D eigenvalue weighted by Crippen LogP contribution is 2.31. The van der Waals surface area contributed by atoms with Gasteiger partial charge in [0.05, 0.1) is 23.5 Å². The summed E-state index contributed by atoms with van der Waals surface area (Å²) in [4.78, 5) is 28.3. The van der Waals surface area contributed by atoms with Crippen LogP contribution >= 0.6 is 0 Å². The standard InChI is InChI=1S/C21H23N5O/c1-14-23-20(22)16-10-11-17(25-21(16)24-14)18-9-5-6-12-26(18)19(27)13-15-7-3-2-4-8-15/h2-4,7-8,10-11,18H,5-6,9,12-13H2,1H3,(H2,22,23,24,25)/t18-/m0/s1. The molecule has 4 rings (SSSR count). The van der Waals surface area contributed by atoms with E-state index in [1.165, 1.54) is 0 Å². The molecule has 3 heterocycles. The van der Waals surface area contributed by atoms with Gasteiger partial charge in [0.15, 0.2) is 5.65 Å². The molecule has 27 heavy (non-hydrogen) atoms. The number of nitrogens with two attached hydrogens (primary N) is 1. The van der Waals surface area contributed by atoms with Gasteiger partial charge in [-0.3, -0.25) is 4.79 Å². The molecule has 6 nitrogen and oxygen atoms in total. The van der Waals surface area contributed by atoms with E-state index >= 15 is 0 Å². The Morgan fingerprint density at radius 3 is 2.74 bits per heavy atom. The third-order valence-corrected chi connectivity index (χ3v) is 5.09. The van der Waals surface area contributed by atoms with Gasteiger partial charge in [0.2, 0.25) is 5.91 Å². The van der Waals surface area contributed by atoms with Crippen LogP contribution in [0.15, 0.2) is 42.5 Å². The van der Waals surface area contributed by atoms with Crippen molar-refractivity contribution in [1.29, 1.82) is 0 Å². The first-order valence-electron chi connectivity index (χ1n) is 9.36. The number of nitrogen functional groups attached to an aromatic ring is 1. The summed E-state index contributed by atoms with van der Waals surface area (Å²) in [5.74, 6) is 1.19. The van der Waals surface area contributed by atoms with Crippen LogP contribution in [0, 0.1) is 6.92 Å². The Balaban J connectivity index is 1.64. The number of aromatic nitrogens is 3. The largest absolute Gasteiger partial charge is 0.383 e. The smallest absolute Gasteiger partial charge is 0.227 e. The second kappa shape index (κ2) is 7.31. The summed E-state index contributed by atoms with van der Waals surface area (Å²) in [5, 5.41) is 0.752. The zero-order valence-electron chi connectivity index (χ0n) is 15.4. The number of likely N-dealkylation sites (tertiary alicyclic amines) is 1. The number of carbonyl (C=O) groups excluding carboxylic acids is 1. The summed E-state index contributed by atoms with van der Waals surface area (Å²) >= 11 is 0. The molecule has 1 saturated heterocycles. The first-order chi connectivity index (χ1) is 13.1. The number of hydrogen-bond acceptors (Lipinski definition) is 5. The van der Waals surface area contributed by atoms with Crippen molar-refractivity contribution in [1.82, 2.24) is 19.9 Å². The van der Waals surface area contributed by atoms with E-state index in [-0.39, 0.29) is 11.9 Å². The predicted octanol–water partition coefficient (Wildman–Crippen LogP) is 3.21. The van der Waals surface area contributed by atoms with Crippen LogP contribution in [0.4, 0.5) is 5.82 Å². The summed E-state index contributed by atoms with van der Waals surface area (Å²) in [6.07, 6.45) is 3.45. The molecule has 0 unspecified atom stereocenters. The van der Waals surface area contributed by atoms with Gasteiger partial charge in [-0.05, 0) is 43.9 Å². The maximum Gasteiger partial charge on any atom is 0.227 e. The molecular formula is C21H23N5O. The average Bonchev–Trinajstić information content (AvgIpc) is 2.68. The Morgan fingerprint density at radius 1 is 1.11 bits per heavy atom. The monoisotopic (exact) mass is 361 g/mol. The van der Waals surface area contributed by atoms with Gasteiger partial charge in [-0.1, -0.05) is 30.3 Å². The number of amides is 1. The van der Waals surface area contributed by atoms with Crippen molar-refractivity contribution >= 4 is 22.8 Å². The first-order valence-corrected chi connectivity index (χ1v) is 9.36. The Morgan fingerprint density at radius 2 is 1.93 bits per heavy atom. The second-order valence-corrected chi connectivity index (χ2v) is 7.02. The van der Waals surface area contributed by atoms with Crippen LogP contribution in [-0.2, 0) is 11.2 Å². The number of piperidine rings is 1. The lowest BCUT2D eigenvalue weighted by molar-refractivity contribution is -0.134. The molecule has 6 heteroatoms. The third kappa shape index (κ3) is 3.60. The molecule has 1 aliphatic rings. The first kappa shape index (κ1) is 17.4. The van der Waals surface area contributed by atoms with E-state index < -0.39 is 0 Å². The lowest BCUT2D eigenvalue weighted by Crippen LogP contribution is -2.39. The number of nitrogens with zero attached hydrogens (tertiary/aromatic N) is 4. The molecule has 0 radical (unpaired) electrons. The highest BCUT2D eigenvalue weighted by molar-refractivity contribution is 5.85. The van der Waals surface area contributed by atoms with Crippen LogP contribution in [0.1, 0.15) is 42.4 Å². The van der Waals surface area contributed by atoms with Gasteiger partial charge in [-0.2, -0.15) is 0 Å². The van der Waals surface area contributed by atoms with E-state index in [1.807, 2.05) is 47.4 Å². The maximum atomic E-state index is 13.0. The van der Waals surface area contributed by atoms with Crippen molar-refractivity contribution in [2.45, 2.75) is 38.6 Å². The molecule has 1 atom stereocenters. The fourth-order valence-corrected chi connectivity index (χ4v) is 3.76. The molecule has 3 aromatic rings. The fourth-order valence-electron chi connectivity index (χ4n) is 3.76. The van der Waals surface area contributed by atoms with E-state index in [2.05, 4.69) is 9.97 Å². The number of anilines is 1. The van der Waals surface area contributed by atoms with Crippen LogP contribution in [0.3, 0.4) is 0 Å². The maximum absolute atomic E-state index is 13.0. The number of rotatable bonds is 3. The second-order valence-electron chi connectivity index (χ2n) is 7.02. The Hall–Kier alpha value is -3.02. The number of aryl methyl sites for hydroxylation is 1. The molecule has 1 amide bonds. The van der Waals surface area contributed by atoms with E-state index in [1.54, 1.807) is 6.92 Å². The number of hydrogen-bond donors (Lipinski definition) is 1. The number of pyridine rings is 1. The van der Waals surface area contributed by atoms with E-state index in [4.69, 9.17) is 10.7 Å². The topological polar surface area (TPSA) is 85.0 Å². The van der Waals surface area contributed by atoms with Crippen LogP contribution < -0.4 is 5.73 Å². The molecule has 0 aliphatic carbocycles. The normalized spacial score (nSPS) is 17.2. The average molecular weight is 361 g/mol. The minimum atomic E-state index is -0.0177. The lowest BCUT2D eigenvalue weighted by Gasteiger charge is -2.35. The minimum Gasteiger partial charge on any atom is -0.383 e. The van der Waals surface area contributed by atoms with Gasteiger partial charge >= 0.3 is 0 Å². The Labute approximate surface area is 158 Å². The summed E-state index contributed by atoms with van der Waals surface area (Å²) in [7, 11) is 0. The zero-order valence-corrected chi connectivity index (χ0v) is 15.4. The molecule has 0 saturated carbocycles. The molecule has 1 fully saturated rings. The SMILES string of the molecule is Cc1nc(N)c2ccc([C@@H]3CCCCN3C(=O)Cc3ccccc3)nc2n1. The zero-order chi connectivity index (χ0) is 18.8. The number of fused-ring (bicyclic) bond motifs is 1. The van der Waals surface area contributed by atoms with E-state index in [0.29, 0.717) is 23.7 Å². The molecule has 2 N–H and O–H groups in total. The van der Waals surface area contributed by atoms with Crippen LogP contribution in [0.2, 0.25) is 0 Å². The summed E-state index contributed by atoms with van der Waals surface area (Å²) < 4.78 is 0. The quantitative estimate of drug-likeness (QED) is 0.774. The van der Waals surface area contributed by atoms with E-state index in [0.717, 1.165) is 42.5 Å². The molecular weight excluding hydrogens is 338 g/mol. The molecule has 1 aliphatic heterocycles. The van der Waals surface area contributed by atoms with Gasteiger partial charge in [-0.15, -0.1) is 0 Å². The van der Waals surface area contributed by atoms with Crippen molar-refractivity contribution in [2.75, 3.05) is 12.3 Å². The Bertz CT molecular complexity index is 973. The number of benzene rings is 1. The summed E-state index contributed by atoms with van der Waals surface area (Å²) in [5.41, 5.74) is 8.50. The molecule has 0 spiro atoms. The molecule has 2 aromatic heterocycles. The molecule has 0 bridgehead atoms.